The van der Waals surface area contributed by atoms with Crippen molar-refractivity contribution in [2.24, 2.45) is 0 Å². The number of ether oxygens (including phenoxy) is 1. The molecule has 2 atom stereocenters. The SMILES string of the molecule is CN1CCN([C@@H]2CC[C@H](NC(=O)OC(C)(C)C)C2)CC1. The Labute approximate surface area is 122 Å². The molecule has 2 aliphatic rings. The fourth-order valence-corrected chi connectivity index (χ4v) is 3.08. The maximum absolute atomic E-state index is 11.8. The minimum Gasteiger partial charge on any atom is -0.444 e. The highest BCUT2D eigenvalue weighted by molar-refractivity contribution is 5.68. The number of carbonyl (C=O) groups is 1. The van der Waals surface area contributed by atoms with Crippen molar-refractivity contribution in [2.75, 3.05) is 33.2 Å². The lowest BCUT2D eigenvalue weighted by molar-refractivity contribution is 0.0501. The second kappa shape index (κ2) is 6.31. The summed E-state index contributed by atoms with van der Waals surface area (Å²) in [5.41, 5.74) is -0.417. The van der Waals surface area contributed by atoms with Gasteiger partial charge in [-0.2, -0.15) is 0 Å². The highest BCUT2D eigenvalue weighted by atomic mass is 16.6. The van der Waals surface area contributed by atoms with E-state index in [9.17, 15) is 4.79 Å². The van der Waals surface area contributed by atoms with E-state index in [0.717, 1.165) is 39.0 Å². The number of piperazine rings is 1. The second-order valence-electron chi connectivity index (χ2n) is 7.15. The first kappa shape index (κ1) is 15.6. The lowest BCUT2D eigenvalue weighted by Crippen LogP contribution is -2.48. The van der Waals surface area contributed by atoms with E-state index in [0.29, 0.717) is 6.04 Å². The summed E-state index contributed by atoms with van der Waals surface area (Å²) in [6, 6.07) is 0.901. The van der Waals surface area contributed by atoms with Gasteiger partial charge in [0.05, 0.1) is 0 Å². The van der Waals surface area contributed by atoms with Gasteiger partial charge in [0.1, 0.15) is 5.60 Å². The van der Waals surface area contributed by atoms with Crippen molar-refractivity contribution in [2.45, 2.75) is 57.7 Å². The number of hydrogen-bond acceptors (Lipinski definition) is 4. The summed E-state index contributed by atoms with van der Waals surface area (Å²) >= 11 is 0. The number of carbonyl (C=O) groups excluding carboxylic acids is 1. The molecule has 1 saturated heterocycles. The van der Waals surface area contributed by atoms with Gasteiger partial charge in [-0.15, -0.1) is 0 Å². The van der Waals surface area contributed by atoms with Gasteiger partial charge in [-0.1, -0.05) is 0 Å². The molecule has 116 valence electrons. The standard InChI is InChI=1S/C15H29N3O2/c1-15(2,3)20-14(19)16-12-5-6-13(11-12)18-9-7-17(4)8-10-18/h12-13H,5-11H2,1-4H3,(H,16,19)/t12-,13+/m0/s1. The van der Waals surface area contributed by atoms with Crippen LogP contribution in [0.2, 0.25) is 0 Å². The third-order valence-electron chi connectivity index (χ3n) is 4.18. The molecule has 0 aromatic rings. The fraction of sp³-hybridized carbons (Fsp3) is 0.933. The number of likely N-dealkylation sites (N-methyl/N-ethyl adjacent to an activating group) is 1. The Morgan fingerprint density at radius 2 is 1.80 bits per heavy atom. The lowest BCUT2D eigenvalue weighted by Gasteiger charge is -2.36. The maximum Gasteiger partial charge on any atom is 0.407 e. The van der Waals surface area contributed by atoms with E-state index in [1.54, 1.807) is 0 Å². The predicted molar refractivity (Wildman–Crippen MR) is 79.9 cm³/mol. The van der Waals surface area contributed by atoms with Gasteiger partial charge < -0.3 is 15.0 Å². The molecular formula is C15H29N3O2. The molecule has 1 aliphatic heterocycles. The van der Waals surface area contributed by atoms with Crippen LogP contribution in [0.4, 0.5) is 4.79 Å². The number of rotatable bonds is 2. The highest BCUT2D eigenvalue weighted by Gasteiger charge is 2.32. The van der Waals surface area contributed by atoms with Crippen molar-refractivity contribution in [1.82, 2.24) is 15.1 Å². The smallest absolute Gasteiger partial charge is 0.407 e. The van der Waals surface area contributed by atoms with Crippen molar-refractivity contribution in [3.05, 3.63) is 0 Å². The minimum atomic E-state index is -0.417. The van der Waals surface area contributed by atoms with Crippen LogP contribution in [0.25, 0.3) is 0 Å². The molecule has 0 radical (unpaired) electrons. The number of alkyl carbamates (subject to hydrolysis) is 1. The van der Waals surface area contributed by atoms with Crippen molar-refractivity contribution >= 4 is 6.09 Å². The van der Waals surface area contributed by atoms with Crippen molar-refractivity contribution in [1.29, 1.82) is 0 Å². The summed E-state index contributed by atoms with van der Waals surface area (Å²) in [7, 11) is 2.18. The first-order valence-corrected chi connectivity index (χ1v) is 7.75. The van der Waals surface area contributed by atoms with E-state index < -0.39 is 5.60 Å². The van der Waals surface area contributed by atoms with E-state index >= 15 is 0 Å². The molecule has 5 nitrogen and oxygen atoms in total. The van der Waals surface area contributed by atoms with E-state index in [1.807, 2.05) is 20.8 Å². The third kappa shape index (κ3) is 4.63. The monoisotopic (exact) mass is 283 g/mol. The number of amides is 1. The average Bonchev–Trinajstić information content (AvgIpc) is 2.75. The molecule has 1 saturated carbocycles. The van der Waals surface area contributed by atoms with Crippen LogP contribution >= 0.6 is 0 Å². The predicted octanol–water partition coefficient (Wildman–Crippen LogP) is 1.68. The summed E-state index contributed by atoms with van der Waals surface area (Å²) in [6.07, 6.45) is 3.03. The first-order chi connectivity index (χ1) is 9.33. The van der Waals surface area contributed by atoms with Crippen LogP contribution in [0.1, 0.15) is 40.0 Å². The van der Waals surface area contributed by atoms with E-state index in [4.69, 9.17) is 4.74 Å². The molecule has 1 aliphatic carbocycles. The van der Waals surface area contributed by atoms with Crippen molar-refractivity contribution < 1.29 is 9.53 Å². The Morgan fingerprint density at radius 1 is 1.15 bits per heavy atom. The van der Waals surface area contributed by atoms with Gasteiger partial charge in [0.15, 0.2) is 0 Å². The van der Waals surface area contributed by atoms with E-state index in [-0.39, 0.29) is 12.1 Å². The molecule has 20 heavy (non-hydrogen) atoms. The molecule has 0 bridgehead atoms. The van der Waals surface area contributed by atoms with Crippen molar-refractivity contribution in [3.8, 4) is 0 Å². The Hall–Kier alpha value is -0.810. The summed E-state index contributed by atoms with van der Waals surface area (Å²) in [6.45, 7) is 10.3. The third-order valence-corrected chi connectivity index (χ3v) is 4.18. The molecule has 0 unspecified atom stereocenters. The Bertz CT molecular complexity index is 333. The fourth-order valence-electron chi connectivity index (χ4n) is 3.08. The van der Waals surface area contributed by atoms with Gasteiger partial charge in [0.2, 0.25) is 0 Å². The van der Waals surface area contributed by atoms with Gasteiger partial charge >= 0.3 is 6.09 Å². The van der Waals surface area contributed by atoms with Crippen LogP contribution in [0.5, 0.6) is 0 Å². The lowest BCUT2D eigenvalue weighted by atomic mass is 10.1. The van der Waals surface area contributed by atoms with Gasteiger partial charge in [-0.05, 0) is 47.1 Å². The maximum atomic E-state index is 11.8. The molecule has 5 heteroatoms. The number of nitrogens with one attached hydrogen (secondary N) is 1. The molecular weight excluding hydrogens is 254 g/mol. The molecule has 2 fully saturated rings. The van der Waals surface area contributed by atoms with Crippen LogP contribution in [-0.2, 0) is 4.74 Å². The van der Waals surface area contributed by atoms with Crippen LogP contribution < -0.4 is 5.32 Å². The number of hydrogen-bond donors (Lipinski definition) is 1. The van der Waals surface area contributed by atoms with Crippen molar-refractivity contribution in [3.63, 3.8) is 0 Å². The first-order valence-electron chi connectivity index (χ1n) is 7.75. The molecule has 0 aromatic heterocycles. The summed E-state index contributed by atoms with van der Waals surface area (Å²) in [5.74, 6) is 0. The largest absolute Gasteiger partial charge is 0.444 e. The Morgan fingerprint density at radius 3 is 2.40 bits per heavy atom. The summed E-state index contributed by atoms with van der Waals surface area (Å²) in [5, 5.41) is 3.02. The topological polar surface area (TPSA) is 44.8 Å². The van der Waals surface area contributed by atoms with Gasteiger partial charge in [0, 0.05) is 38.3 Å². The van der Waals surface area contributed by atoms with Crippen LogP contribution in [0.3, 0.4) is 0 Å². The van der Waals surface area contributed by atoms with Crippen LogP contribution in [0, 0.1) is 0 Å². The van der Waals surface area contributed by atoms with Crippen LogP contribution in [-0.4, -0.2) is 66.8 Å². The van der Waals surface area contributed by atoms with E-state index in [1.165, 1.54) is 6.42 Å². The zero-order valence-electron chi connectivity index (χ0n) is 13.3. The Kier molecular flexibility index (Phi) is 4.91. The highest BCUT2D eigenvalue weighted by Crippen LogP contribution is 2.25. The summed E-state index contributed by atoms with van der Waals surface area (Å²) in [4.78, 5) is 16.7. The van der Waals surface area contributed by atoms with Crippen LogP contribution in [0.15, 0.2) is 0 Å². The second-order valence-corrected chi connectivity index (χ2v) is 7.15. The molecule has 0 aromatic carbocycles. The molecule has 1 amide bonds. The molecule has 1 N–H and O–H groups in total. The number of nitrogens with zero attached hydrogens (tertiary/aromatic N) is 2. The Balaban J connectivity index is 1.74. The summed E-state index contributed by atoms with van der Waals surface area (Å²) < 4.78 is 5.32. The van der Waals surface area contributed by atoms with Gasteiger partial charge in [0.25, 0.3) is 0 Å². The average molecular weight is 283 g/mol. The zero-order chi connectivity index (χ0) is 14.8. The molecule has 0 spiro atoms. The minimum absolute atomic E-state index is 0.273. The quantitative estimate of drug-likeness (QED) is 0.837. The zero-order valence-corrected chi connectivity index (χ0v) is 13.3. The normalized spacial score (nSPS) is 29.4. The molecule has 2 rings (SSSR count). The van der Waals surface area contributed by atoms with Gasteiger partial charge in [-0.3, -0.25) is 4.90 Å². The van der Waals surface area contributed by atoms with E-state index in [2.05, 4.69) is 22.2 Å². The molecule has 1 heterocycles. The van der Waals surface area contributed by atoms with Gasteiger partial charge in [-0.25, -0.2) is 4.79 Å².